The van der Waals surface area contributed by atoms with Crippen molar-refractivity contribution < 1.29 is 18.7 Å². The highest BCUT2D eigenvalue weighted by molar-refractivity contribution is 6.28. The Bertz CT molecular complexity index is 1120. The summed E-state index contributed by atoms with van der Waals surface area (Å²) in [6, 6.07) is 10.3. The van der Waals surface area contributed by atoms with Gasteiger partial charge in [0.15, 0.2) is 5.60 Å². The number of carbonyl (C=O) groups is 1. The minimum atomic E-state index is -1.73. The Morgan fingerprint density at radius 3 is 2.96 bits per heavy atom. The van der Waals surface area contributed by atoms with E-state index < -0.39 is 17.2 Å². The number of carbonyl (C=O) groups excluding carboxylic acids is 1. The van der Waals surface area contributed by atoms with E-state index in [1.165, 1.54) is 6.07 Å². The van der Waals surface area contributed by atoms with Gasteiger partial charge in [-0.2, -0.15) is 0 Å². The predicted octanol–water partition coefficient (Wildman–Crippen LogP) is 3.75. The zero-order chi connectivity index (χ0) is 18.1. The summed E-state index contributed by atoms with van der Waals surface area (Å²) in [5.41, 5.74) is 0.707. The molecule has 1 saturated heterocycles. The molecule has 1 aromatic heterocycles. The Morgan fingerprint density at radius 2 is 2.12 bits per heavy atom. The molecule has 0 saturated carbocycles. The van der Waals surface area contributed by atoms with Crippen LogP contribution >= 0.6 is 0 Å². The number of anilines is 1. The minimum absolute atomic E-state index is 0.127. The number of aliphatic hydroxyl groups is 1. The molecule has 1 N–H and O–H groups in total. The number of nitrogens with zero attached hydrogens (tertiary/aromatic N) is 2. The van der Waals surface area contributed by atoms with Crippen LogP contribution in [0.2, 0.25) is 0 Å². The standard InChI is InChI=1S/C20H15FN2O3/c1-11-8-16-14(10-15(11)21)18(24)20(25)5-6-23(19(20)22-16)13-3-2-12-4-7-26-17(12)9-13/h2-4,7-10,25H,5-6H2,1H3/t20-/m1/s1. The molecule has 0 unspecified atom stereocenters. The molecule has 0 bridgehead atoms. The van der Waals surface area contributed by atoms with Gasteiger partial charge in [-0.3, -0.25) is 4.79 Å². The molecule has 130 valence electrons. The van der Waals surface area contributed by atoms with E-state index in [-0.39, 0.29) is 17.8 Å². The number of furan rings is 1. The maximum atomic E-state index is 13.9. The molecular formula is C20H15FN2O3. The highest BCUT2D eigenvalue weighted by Gasteiger charge is 2.52. The van der Waals surface area contributed by atoms with Gasteiger partial charge in [-0.25, -0.2) is 9.38 Å². The van der Waals surface area contributed by atoms with Gasteiger partial charge in [-0.15, -0.1) is 0 Å². The molecule has 3 aromatic rings. The minimum Gasteiger partial charge on any atom is -0.464 e. The molecule has 0 spiro atoms. The number of ketones is 1. The van der Waals surface area contributed by atoms with E-state index in [2.05, 4.69) is 4.99 Å². The van der Waals surface area contributed by atoms with Crippen molar-refractivity contribution in [1.29, 1.82) is 0 Å². The van der Waals surface area contributed by atoms with Crippen molar-refractivity contribution in [1.82, 2.24) is 0 Å². The van der Waals surface area contributed by atoms with Crippen molar-refractivity contribution in [2.24, 2.45) is 4.99 Å². The Hall–Kier alpha value is -2.99. The highest BCUT2D eigenvalue weighted by atomic mass is 19.1. The second kappa shape index (κ2) is 5.02. The van der Waals surface area contributed by atoms with Gasteiger partial charge in [0.25, 0.3) is 0 Å². The number of aryl methyl sites for hydroxylation is 1. The summed E-state index contributed by atoms with van der Waals surface area (Å²) in [5.74, 6) is -0.692. The third-order valence-corrected chi connectivity index (χ3v) is 5.20. The lowest BCUT2D eigenvalue weighted by molar-refractivity contribution is 0.0601. The third kappa shape index (κ3) is 1.93. The van der Waals surface area contributed by atoms with E-state index >= 15 is 0 Å². The molecule has 5 nitrogen and oxygen atoms in total. The van der Waals surface area contributed by atoms with E-state index in [1.54, 1.807) is 19.3 Å². The molecule has 2 aliphatic heterocycles. The van der Waals surface area contributed by atoms with Crippen LogP contribution in [-0.4, -0.2) is 28.9 Å². The molecule has 2 aliphatic rings. The van der Waals surface area contributed by atoms with E-state index in [0.717, 1.165) is 16.7 Å². The average Bonchev–Trinajstić information content (AvgIpc) is 3.22. The van der Waals surface area contributed by atoms with E-state index in [9.17, 15) is 14.3 Å². The van der Waals surface area contributed by atoms with Crippen LogP contribution in [-0.2, 0) is 0 Å². The van der Waals surface area contributed by atoms with E-state index in [4.69, 9.17) is 4.42 Å². The number of hydrogen-bond acceptors (Lipinski definition) is 5. The lowest BCUT2D eigenvalue weighted by atomic mass is 9.87. The molecule has 1 fully saturated rings. The molecule has 26 heavy (non-hydrogen) atoms. The summed E-state index contributed by atoms with van der Waals surface area (Å²) in [7, 11) is 0. The zero-order valence-corrected chi connectivity index (χ0v) is 14.0. The monoisotopic (exact) mass is 350 g/mol. The smallest absolute Gasteiger partial charge is 0.204 e. The van der Waals surface area contributed by atoms with Gasteiger partial charge in [-0.1, -0.05) is 0 Å². The number of Topliss-reactive ketones (excluding diaryl/α,β-unsaturated/α-hetero) is 1. The number of fused-ring (bicyclic) bond motifs is 3. The van der Waals surface area contributed by atoms with Crippen LogP contribution in [0.1, 0.15) is 22.3 Å². The molecule has 3 heterocycles. The van der Waals surface area contributed by atoms with Gasteiger partial charge < -0.3 is 14.4 Å². The van der Waals surface area contributed by atoms with Crippen LogP contribution in [0.3, 0.4) is 0 Å². The van der Waals surface area contributed by atoms with E-state index in [1.807, 2.05) is 29.2 Å². The molecule has 2 aromatic carbocycles. The fourth-order valence-corrected chi connectivity index (χ4v) is 3.72. The quantitative estimate of drug-likeness (QED) is 0.726. The Labute approximate surface area is 148 Å². The van der Waals surface area contributed by atoms with Gasteiger partial charge in [0.2, 0.25) is 5.78 Å². The predicted molar refractivity (Wildman–Crippen MR) is 95.7 cm³/mol. The fourth-order valence-electron chi connectivity index (χ4n) is 3.72. The Kier molecular flexibility index (Phi) is 2.95. The fraction of sp³-hybridized carbons (Fsp3) is 0.200. The summed E-state index contributed by atoms with van der Waals surface area (Å²) in [6.45, 7) is 2.06. The second-order valence-electron chi connectivity index (χ2n) is 6.79. The Morgan fingerprint density at radius 1 is 1.27 bits per heavy atom. The summed E-state index contributed by atoms with van der Waals surface area (Å²) < 4.78 is 19.4. The molecule has 0 radical (unpaired) electrons. The normalized spacial score (nSPS) is 21.7. The maximum absolute atomic E-state index is 13.9. The second-order valence-corrected chi connectivity index (χ2v) is 6.79. The first-order chi connectivity index (χ1) is 12.5. The lowest BCUT2D eigenvalue weighted by Gasteiger charge is -2.29. The number of hydrogen-bond donors (Lipinski definition) is 1. The summed E-state index contributed by atoms with van der Waals surface area (Å²) in [6.07, 6.45) is 1.82. The van der Waals surface area contributed by atoms with Gasteiger partial charge in [0.1, 0.15) is 17.2 Å². The van der Waals surface area contributed by atoms with Crippen molar-refractivity contribution in [3.8, 4) is 0 Å². The summed E-state index contributed by atoms with van der Waals surface area (Å²) >= 11 is 0. The first kappa shape index (κ1) is 15.3. The summed E-state index contributed by atoms with van der Waals surface area (Å²) in [4.78, 5) is 19.2. The van der Waals surface area contributed by atoms with Crippen molar-refractivity contribution >= 4 is 34.0 Å². The lowest BCUT2D eigenvalue weighted by Crippen LogP contribution is -2.48. The zero-order valence-electron chi connectivity index (χ0n) is 14.0. The molecule has 0 amide bonds. The average molecular weight is 350 g/mol. The van der Waals surface area contributed by atoms with Crippen LogP contribution in [0.25, 0.3) is 11.0 Å². The van der Waals surface area contributed by atoms with Gasteiger partial charge >= 0.3 is 0 Å². The number of halogens is 1. The SMILES string of the molecule is Cc1cc2c(cc1F)C(=O)[C@]1(O)CCN(c3ccc4ccoc4c3)C1=N2. The van der Waals surface area contributed by atoms with Crippen molar-refractivity contribution in [3.63, 3.8) is 0 Å². The molecule has 6 heteroatoms. The van der Waals surface area contributed by atoms with Crippen molar-refractivity contribution in [2.45, 2.75) is 18.9 Å². The Balaban J connectivity index is 1.67. The van der Waals surface area contributed by atoms with E-state index in [0.29, 0.717) is 17.8 Å². The van der Waals surface area contributed by atoms with Crippen LogP contribution in [0, 0.1) is 12.7 Å². The topological polar surface area (TPSA) is 66.0 Å². The highest BCUT2D eigenvalue weighted by Crippen LogP contribution is 2.40. The molecule has 0 aliphatic carbocycles. The van der Waals surface area contributed by atoms with Gasteiger partial charge in [0, 0.05) is 35.7 Å². The number of rotatable bonds is 1. The molecule has 5 rings (SSSR count). The maximum Gasteiger partial charge on any atom is 0.204 e. The number of aliphatic imine (C=N–C) groups is 1. The van der Waals surface area contributed by atoms with Crippen molar-refractivity contribution in [3.05, 3.63) is 59.6 Å². The van der Waals surface area contributed by atoms with Gasteiger partial charge in [0.05, 0.1) is 12.0 Å². The van der Waals surface area contributed by atoms with Crippen LogP contribution in [0.4, 0.5) is 15.8 Å². The third-order valence-electron chi connectivity index (χ3n) is 5.20. The molecular weight excluding hydrogens is 335 g/mol. The van der Waals surface area contributed by atoms with Crippen LogP contribution < -0.4 is 4.90 Å². The van der Waals surface area contributed by atoms with Crippen LogP contribution in [0.15, 0.2) is 52.1 Å². The number of benzene rings is 2. The first-order valence-corrected chi connectivity index (χ1v) is 8.39. The first-order valence-electron chi connectivity index (χ1n) is 8.39. The van der Waals surface area contributed by atoms with Gasteiger partial charge in [-0.05, 0) is 42.8 Å². The molecule has 1 atom stereocenters. The number of amidine groups is 1. The van der Waals surface area contributed by atoms with Crippen LogP contribution in [0.5, 0.6) is 0 Å². The van der Waals surface area contributed by atoms with Crippen molar-refractivity contribution in [2.75, 3.05) is 11.4 Å². The summed E-state index contributed by atoms with van der Waals surface area (Å²) in [5, 5.41) is 12.0. The largest absolute Gasteiger partial charge is 0.464 e.